The van der Waals surface area contributed by atoms with Crippen LogP contribution in [0.15, 0.2) is 18.2 Å². The van der Waals surface area contributed by atoms with Crippen molar-refractivity contribution in [3.8, 4) is 0 Å². The molecule has 3 aliphatic heterocycles. The second-order valence-corrected chi connectivity index (χ2v) is 8.82. The first-order valence-electron chi connectivity index (χ1n) is 10.9. The minimum atomic E-state index is -0.367. The van der Waals surface area contributed by atoms with Gasteiger partial charge in [-0.1, -0.05) is 6.07 Å². The van der Waals surface area contributed by atoms with Crippen LogP contribution in [0, 0.1) is 12.7 Å². The number of anilines is 1. The normalized spacial score (nSPS) is 24.0. The van der Waals surface area contributed by atoms with Crippen LogP contribution in [0.25, 0.3) is 0 Å². The molecule has 0 unspecified atom stereocenters. The van der Waals surface area contributed by atoms with Gasteiger partial charge in [0.05, 0.1) is 6.61 Å². The number of hydrogen-bond donors (Lipinski definition) is 1. The van der Waals surface area contributed by atoms with Gasteiger partial charge in [0.15, 0.2) is 0 Å². The fourth-order valence-corrected chi connectivity index (χ4v) is 5.17. The zero-order valence-electron chi connectivity index (χ0n) is 18.6. The summed E-state index contributed by atoms with van der Waals surface area (Å²) in [5, 5.41) is 2.80. The van der Waals surface area contributed by atoms with Crippen molar-refractivity contribution in [2.24, 2.45) is 0 Å². The van der Waals surface area contributed by atoms with E-state index in [4.69, 9.17) is 4.74 Å². The lowest BCUT2D eigenvalue weighted by atomic mass is 9.93. The third-order valence-electron chi connectivity index (χ3n) is 6.97. The Morgan fingerprint density at radius 1 is 1.26 bits per heavy atom. The zero-order valence-corrected chi connectivity index (χ0v) is 18.6. The number of halogens is 1. The van der Waals surface area contributed by atoms with Crippen LogP contribution in [0.2, 0.25) is 0 Å². The van der Waals surface area contributed by atoms with Crippen molar-refractivity contribution in [3.63, 3.8) is 0 Å². The molecule has 1 aromatic rings. The average Bonchev–Trinajstić information content (AvgIpc) is 2.97. The lowest BCUT2D eigenvalue weighted by Gasteiger charge is -2.50. The number of rotatable bonds is 4. The molecular weight excluding hydrogens is 401 g/mol. The summed E-state index contributed by atoms with van der Waals surface area (Å²) in [4.78, 5) is 34.3. The largest absolute Gasteiger partial charge is 0.383 e. The van der Waals surface area contributed by atoms with Gasteiger partial charge in [-0.15, -0.1) is 0 Å². The molecule has 170 valence electrons. The Kier molecular flexibility index (Phi) is 6.18. The maximum absolute atomic E-state index is 13.8. The fourth-order valence-electron chi connectivity index (χ4n) is 5.17. The van der Waals surface area contributed by atoms with Gasteiger partial charge in [0.25, 0.3) is 0 Å². The summed E-state index contributed by atoms with van der Waals surface area (Å²) < 4.78 is 19.1. The predicted octanol–water partition coefficient (Wildman–Crippen LogP) is 1.56. The number of methoxy groups -OCH3 is 1. The number of piperazine rings is 1. The summed E-state index contributed by atoms with van der Waals surface area (Å²) >= 11 is 0. The van der Waals surface area contributed by atoms with Crippen LogP contribution in [-0.4, -0.2) is 103 Å². The van der Waals surface area contributed by atoms with E-state index in [-0.39, 0.29) is 29.5 Å². The molecule has 3 fully saturated rings. The summed E-state index contributed by atoms with van der Waals surface area (Å²) in [5.74, 6) is -0.175. The topological polar surface area (TPSA) is 68.4 Å². The van der Waals surface area contributed by atoms with E-state index >= 15 is 0 Å². The SMILES string of the molecule is COCCN1C(=O)[C@H]2CN(C)CCN2C12CCN(C(=O)Nc1ccc(C)c(F)c1)CC2. The number of nitrogens with zero attached hydrogens (tertiary/aromatic N) is 4. The van der Waals surface area contributed by atoms with Crippen molar-refractivity contribution in [1.29, 1.82) is 0 Å². The Balaban J connectivity index is 1.47. The number of piperidine rings is 1. The van der Waals surface area contributed by atoms with E-state index in [0.717, 1.165) is 19.6 Å². The Morgan fingerprint density at radius 2 is 2.00 bits per heavy atom. The third kappa shape index (κ3) is 4.02. The van der Waals surface area contributed by atoms with E-state index in [1.165, 1.54) is 6.07 Å². The molecule has 0 aliphatic carbocycles. The Labute approximate surface area is 182 Å². The molecule has 31 heavy (non-hydrogen) atoms. The second-order valence-electron chi connectivity index (χ2n) is 8.82. The molecule has 8 nitrogen and oxygen atoms in total. The quantitative estimate of drug-likeness (QED) is 0.781. The van der Waals surface area contributed by atoms with E-state index < -0.39 is 0 Å². The number of likely N-dealkylation sites (N-methyl/N-ethyl adjacent to an activating group) is 1. The van der Waals surface area contributed by atoms with E-state index in [2.05, 4.69) is 22.2 Å². The van der Waals surface area contributed by atoms with Gasteiger partial charge in [0.2, 0.25) is 5.91 Å². The molecule has 0 bridgehead atoms. The molecule has 0 radical (unpaired) electrons. The monoisotopic (exact) mass is 433 g/mol. The molecule has 1 aromatic carbocycles. The predicted molar refractivity (Wildman–Crippen MR) is 115 cm³/mol. The number of urea groups is 1. The Hall–Kier alpha value is -2.23. The number of carbonyl (C=O) groups is 2. The maximum atomic E-state index is 13.8. The van der Waals surface area contributed by atoms with Gasteiger partial charge < -0.3 is 24.8 Å². The summed E-state index contributed by atoms with van der Waals surface area (Å²) in [7, 11) is 3.70. The van der Waals surface area contributed by atoms with Crippen LogP contribution in [-0.2, 0) is 9.53 Å². The van der Waals surface area contributed by atoms with Gasteiger partial charge in [0.1, 0.15) is 17.5 Å². The zero-order chi connectivity index (χ0) is 22.2. The summed E-state index contributed by atoms with van der Waals surface area (Å²) in [6.45, 7) is 6.31. The second kappa shape index (κ2) is 8.72. The number of benzene rings is 1. The molecule has 0 aromatic heterocycles. The highest BCUT2D eigenvalue weighted by Crippen LogP contribution is 2.41. The van der Waals surface area contributed by atoms with Crippen LogP contribution in [0.4, 0.5) is 14.9 Å². The Bertz CT molecular complexity index is 842. The highest BCUT2D eigenvalue weighted by atomic mass is 19.1. The first-order chi connectivity index (χ1) is 14.9. The van der Waals surface area contributed by atoms with Crippen molar-refractivity contribution < 1.29 is 18.7 Å². The molecule has 4 rings (SSSR count). The van der Waals surface area contributed by atoms with Crippen molar-refractivity contribution >= 4 is 17.6 Å². The van der Waals surface area contributed by atoms with E-state index in [1.54, 1.807) is 31.1 Å². The van der Waals surface area contributed by atoms with Crippen LogP contribution >= 0.6 is 0 Å². The molecule has 1 N–H and O–H groups in total. The van der Waals surface area contributed by atoms with Crippen molar-refractivity contribution in [3.05, 3.63) is 29.6 Å². The highest BCUT2D eigenvalue weighted by Gasteiger charge is 2.58. The van der Waals surface area contributed by atoms with Crippen molar-refractivity contribution in [1.82, 2.24) is 19.6 Å². The molecular formula is C22H32FN5O3. The number of ether oxygens (including phenoxy) is 1. The fraction of sp³-hybridized carbons (Fsp3) is 0.636. The third-order valence-corrected chi connectivity index (χ3v) is 6.97. The van der Waals surface area contributed by atoms with Crippen LogP contribution in [0.1, 0.15) is 18.4 Å². The molecule has 9 heteroatoms. The Morgan fingerprint density at radius 3 is 2.68 bits per heavy atom. The number of likely N-dealkylation sites (tertiary alicyclic amines) is 1. The number of fused-ring (bicyclic) bond motifs is 2. The number of aryl methyl sites for hydroxylation is 1. The van der Waals surface area contributed by atoms with Gasteiger partial charge in [-0.2, -0.15) is 0 Å². The maximum Gasteiger partial charge on any atom is 0.321 e. The van der Waals surface area contributed by atoms with Crippen molar-refractivity contribution in [2.75, 3.05) is 65.3 Å². The smallest absolute Gasteiger partial charge is 0.321 e. The van der Waals surface area contributed by atoms with Crippen LogP contribution in [0.3, 0.4) is 0 Å². The summed E-state index contributed by atoms with van der Waals surface area (Å²) in [6, 6.07) is 4.34. The number of nitrogens with one attached hydrogen (secondary N) is 1. The van der Waals surface area contributed by atoms with Gasteiger partial charge in [-0.3, -0.25) is 9.69 Å². The minimum absolute atomic E-state index is 0.133. The molecule has 3 amide bonds. The highest BCUT2D eigenvalue weighted by molar-refractivity contribution is 5.89. The molecule has 3 heterocycles. The lowest BCUT2D eigenvalue weighted by molar-refractivity contribution is -0.134. The molecule has 3 aliphatic rings. The number of carbonyl (C=O) groups excluding carboxylic acids is 2. The molecule has 1 spiro atoms. The van der Waals surface area contributed by atoms with Gasteiger partial charge >= 0.3 is 6.03 Å². The molecule has 1 atom stereocenters. The van der Waals surface area contributed by atoms with E-state index in [9.17, 15) is 14.0 Å². The minimum Gasteiger partial charge on any atom is -0.383 e. The first-order valence-corrected chi connectivity index (χ1v) is 10.9. The molecule has 3 saturated heterocycles. The van der Waals surface area contributed by atoms with Gasteiger partial charge in [-0.25, -0.2) is 9.18 Å². The van der Waals surface area contributed by atoms with Crippen LogP contribution in [0.5, 0.6) is 0 Å². The summed E-state index contributed by atoms with van der Waals surface area (Å²) in [6.07, 6.45) is 1.39. The number of amides is 3. The first kappa shape index (κ1) is 22.0. The average molecular weight is 434 g/mol. The number of hydrogen-bond acceptors (Lipinski definition) is 5. The standard InChI is InChI=1S/C22H32FN5O3/c1-16-4-5-17(14-18(16)23)24-21(30)26-8-6-22(7-9-26)27-11-10-25(2)15-19(27)20(29)28(22)12-13-31-3/h4-5,14,19H,6-13,15H2,1-3H3,(H,24,30)/t19-/m1/s1. The summed E-state index contributed by atoms with van der Waals surface area (Å²) in [5.41, 5.74) is 0.626. The molecule has 0 saturated carbocycles. The van der Waals surface area contributed by atoms with Gasteiger partial charge in [0, 0.05) is 64.9 Å². The van der Waals surface area contributed by atoms with E-state index in [1.807, 2.05) is 4.90 Å². The van der Waals surface area contributed by atoms with Crippen molar-refractivity contribution in [2.45, 2.75) is 31.5 Å². The van der Waals surface area contributed by atoms with Crippen LogP contribution < -0.4 is 5.32 Å². The van der Waals surface area contributed by atoms with E-state index in [0.29, 0.717) is 50.3 Å². The van der Waals surface area contributed by atoms with Gasteiger partial charge in [-0.05, 0) is 31.7 Å². The lowest BCUT2D eigenvalue weighted by Crippen LogP contribution is -2.64.